The number of aromatic nitrogens is 2. The van der Waals surface area contributed by atoms with Gasteiger partial charge in [0.05, 0.1) is 24.8 Å². The Balaban J connectivity index is 1.70. The molecule has 0 bridgehead atoms. The summed E-state index contributed by atoms with van der Waals surface area (Å²) >= 11 is 1.75. The van der Waals surface area contributed by atoms with Crippen molar-refractivity contribution in [3.05, 3.63) is 40.3 Å². The second-order valence-electron chi connectivity index (χ2n) is 5.73. The molecule has 3 heterocycles. The van der Waals surface area contributed by atoms with Gasteiger partial charge in [0, 0.05) is 44.4 Å². The molecule has 1 N–H and O–H groups in total. The largest absolute Gasteiger partial charge is 0.383 e. The van der Waals surface area contributed by atoms with Crippen LogP contribution >= 0.6 is 11.3 Å². The molecular formula is C16H22N4O2S. The Labute approximate surface area is 140 Å². The van der Waals surface area contributed by atoms with Crippen LogP contribution in [0.5, 0.6) is 0 Å². The molecule has 7 heteroatoms. The van der Waals surface area contributed by atoms with Crippen LogP contribution in [0.2, 0.25) is 0 Å². The average Bonchev–Trinajstić information content (AvgIpc) is 3.16. The van der Waals surface area contributed by atoms with Gasteiger partial charge in [0.25, 0.3) is 0 Å². The third-order valence-corrected chi connectivity index (χ3v) is 4.86. The second kappa shape index (κ2) is 7.72. The lowest BCUT2D eigenvalue weighted by Crippen LogP contribution is -2.40. The molecule has 1 amide bonds. The molecule has 0 aliphatic carbocycles. The maximum absolute atomic E-state index is 12.5. The molecule has 0 fully saturated rings. The topological polar surface area (TPSA) is 59.4 Å². The Bertz CT molecular complexity index is 626. The van der Waals surface area contributed by atoms with Crippen molar-refractivity contribution in [2.75, 3.05) is 26.8 Å². The summed E-state index contributed by atoms with van der Waals surface area (Å²) in [5.74, 6) is -0.0328. The van der Waals surface area contributed by atoms with Gasteiger partial charge in [0.2, 0.25) is 5.91 Å². The number of nitrogens with zero attached hydrogens (tertiary/aromatic N) is 3. The van der Waals surface area contributed by atoms with Crippen LogP contribution in [0.3, 0.4) is 0 Å². The highest BCUT2D eigenvalue weighted by molar-refractivity contribution is 7.09. The Morgan fingerprint density at radius 2 is 2.39 bits per heavy atom. The summed E-state index contributed by atoms with van der Waals surface area (Å²) < 4.78 is 6.95. The fraction of sp³-hybridized carbons (Fsp3) is 0.500. The number of ether oxygens (including phenoxy) is 1. The zero-order valence-electron chi connectivity index (χ0n) is 13.3. The predicted molar refractivity (Wildman–Crippen MR) is 89.0 cm³/mol. The zero-order valence-corrected chi connectivity index (χ0v) is 14.1. The maximum Gasteiger partial charge on any atom is 0.226 e. The molecule has 23 heavy (non-hydrogen) atoms. The molecule has 0 spiro atoms. The second-order valence-corrected chi connectivity index (χ2v) is 6.77. The molecule has 2 aromatic rings. The van der Waals surface area contributed by atoms with Crippen molar-refractivity contribution in [2.24, 2.45) is 5.92 Å². The molecule has 0 saturated heterocycles. The third-order valence-electron chi connectivity index (χ3n) is 4.00. The van der Waals surface area contributed by atoms with E-state index in [0.717, 1.165) is 25.3 Å². The number of fused-ring (bicyclic) bond motifs is 1. The smallest absolute Gasteiger partial charge is 0.226 e. The monoisotopic (exact) mass is 334 g/mol. The number of rotatable bonds is 6. The van der Waals surface area contributed by atoms with Gasteiger partial charge in [-0.25, -0.2) is 0 Å². The van der Waals surface area contributed by atoms with Gasteiger partial charge in [0.15, 0.2) is 0 Å². The first-order chi connectivity index (χ1) is 11.3. The highest BCUT2D eigenvalue weighted by Crippen LogP contribution is 2.20. The third kappa shape index (κ3) is 4.19. The zero-order chi connectivity index (χ0) is 16.1. The minimum Gasteiger partial charge on any atom is -0.383 e. The van der Waals surface area contributed by atoms with E-state index in [-0.39, 0.29) is 11.8 Å². The first-order valence-corrected chi connectivity index (χ1v) is 8.66. The first-order valence-electron chi connectivity index (χ1n) is 7.78. The van der Waals surface area contributed by atoms with Gasteiger partial charge in [-0.05, 0) is 17.5 Å². The molecule has 0 aromatic carbocycles. The van der Waals surface area contributed by atoms with Crippen LogP contribution in [-0.2, 0) is 29.2 Å². The van der Waals surface area contributed by atoms with E-state index in [2.05, 4.69) is 32.8 Å². The van der Waals surface area contributed by atoms with E-state index >= 15 is 0 Å². The molecule has 0 radical (unpaired) electrons. The van der Waals surface area contributed by atoms with Crippen molar-refractivity contribution >= 4 is 17.2 Å². The van der Waals surface area contributed by atoms with Crippen LogP contribution in [-0.4, -0.2) is 47.4 Å². The van der Waals surface area contributed by atoms with Crippen LogP contribution < -0.4 is 5.32 Å². The summed E-state index contributed by atoms with van der Waals surface area (Å²) in [5, 5.41) is 9.41. The Morgan fingerprint density at radius 1 is 1.48 bits per heavy atom. The van der Waals surface area contributed by atoms with Crippen LogP contribution in [0, 0.1) is 5.92 Å². The van der Waals surface area contributed by atoms with E-state index in [0.29, 0.717) is 19.7 Å². The molecule has 1 atom stereocenters. The van der Waals surface area contributed by atoms with Crippen LogP contribution in [0.15, 0.2) is 29.8 Å². The number of amides is 1. The van der Waals surface area contributed by atoms with E-state index in [1.807, 2.05) is 16.9 Å². The number of hydrogen-bond donors (Lipinski definition) is 1. The van der Waals surface area contributed by atoms with Crippen LogP contribution in [0.1, 0.15) is 10.6 Å². The molecule has 0 saturated carbocycles. The van der Waals surface area contributed by atoms with Gasteiger partial charge in [-0.1, -0.05) is 6.07 Å². The Morgan fingerprint density at radius 3 is 3.17 bits per heavy atom. The van der Waals surface area contributed by atoms with Gasteiger partial charge in [-0.2, -0.15) is 5.10 Å². The molecule has 1 aliphatic heterocycles. The molecule has 124 valence electrons. The van der Waals surface area contributed by atoms with Crippen LogP contribution in [0.25, 0.3) is 0 Å². The van der Waals surface area contributed by atoms with Gasteiger partial charge in [-0.3, -0.25) is 14.4 Å². The SMILES string of the molecule is COCCNC(=O)[C@@H]1CN(Cc2cccs2)Cc2ccnn2C1. The first kappa shape index (κ1) is 16.2. The summed E-state index contributed by atoms with van der Waals surface area (Å²) in [6.45, 7) is 4.12. The van der Waals surface area contributed by atoms with Crippen molar-refractivity contribution in [2.45, 2.75) is 19.6 Å². The quantitative estimate of drug-likeness (QED) is 0.810. The summed E-state index contributed by atoms with van der Waals surface area (Å²) in [6, 6.07) is 6.24. The van der Waals surface area contributed by atoms with Crippen molar-refractivity contribution in [3.8, 4) is 0 Å². The number of methoxy groups -OCH3 is 1. The summed E-state index contributed by atoms with van der Waals surface area (Å²) in [4.78, 5) is 16.1. The van der Waals surface area contributed by atoms with E-state index in [1.54, 1.807) is 18.4 Å². The van der Waals surface area contributed by atoms with Crippen LogP contribution in [0.4, 0.5) is 0 Å². The van der Waals surface area contributed by atoms with Gasteiger partial charge >= 0.3 is 0 Å². The highest BCUT2D eigenvalue weighted by atomic mass is 32.1. The van der Waals surface area contributed by atoms with Crippen molar-refractivity contribution in [3.63, 3.8) is 0 Å². The van der Waals surface area contributed by atoms with E-state index in [4.69, 9.17) is 4.74 Å². The van der Waals surface area contributed by atoms with E-state index in [1.165, 1.54) is 4.88 Å². The molecular weight excluding hydrogens is 312 g/mol. The predicted octanol–water partition coefficient (Wildman–Crippen LogP) is 1.34. The normalized spacial score (nSPS) is 18.4. The highest BCUT2D eigenvalue weighted by Gasteiger charge is 2.27. The molecule has 2 aromatic heterocycles. The Hall–Kier alpha value is -1.70. The lowest BCUT2D eigenvalue weighted by molar-refractivity contribution is -0.126. The number of carbonyl (C=O) groups is 1. The van der Waals surface area contributed by atoms with Gasteiger partial charge in [-0.15, -0.1) is 11.3 Å². The fourth-order valence-corrected chi connectivity index (χ4v) is 3.61. The minimum atomic E-state index is -0.104. The lowest BCUT2D eigenvalue weighted by atomic mass is 10.1. The fourth-order valence-electron chi connectivity index (χ4n) is 2.86. The summed E-state index contributed by atoms with van der Waals surface area (Å²) in [6.07, 6.45) is 1.81. The van der Waals surface area contributed by atoms with E-state index < -0.39 is 0 Å². The van der Waals surface area contributed by atoms with Crippen molar-refractivity contribution in [1.82, 2.24) is 20.0 Å². The standard InChI is InChI=1S/C16H22N4O2S/c1-22-7-6-17-16(21)13-9-19(12-15-3-2-8-23-15)11-14-4-5-18-20(14)10-13/h2-5,8,13H,6-7,9-12H2,1H3,(H,17,21)/t13-/m1/s1. The van der Waals surface area contributed by atoms with Crippen molar-refractivity contribution < 1.29 is 9.53 Å². The average molecular weight is 334 g/mol. The molecule has 3 rings (SSSR count). The Kier molecular flexibility index (Phi) is 5.43. The lowest BCUT2D eigenvalue weighted by Gasteiger charge is -2.22. The minimum absolute atomic E-state index is 0.0709. The van der Waals surface area contributed by atoms with Crippen molar-refractivity contribution in [1.29, 1.82) is 0 Å². The number of thiophene rings is 1. The van der Waals surface area contributed by atoms with Gasteiger partial charge < -0.3 is 10.1 Å². The van der Waals surface area contributed by atoms with E-state index in [9.17, 15) is 4.79 Å². The number of nitrogens with one attached hydrogen (secondary N) is 1. The molecule has 6 nitrogen and oxygen atoms in total. The number of carbonyl (C=O) groups excluding carboxylic acids is 1. The number of hydrogen-bond acceptors (Lipinski definition) is 5. The summed E-state index contributed by atoms with van der Waals surface area (Å²) in [5.41, 5.74) is 1.16. The molecule has 0 unspecified atom stereocenters. The van der Waals surface area contributed by atoms with Gasteiger partial charge in [0.1, 0.15) is 0 Å². The summed E-state index contributed by atoms with van der Waals surface area (Å²) in [7, 11) is 1.64. The maximum atomic E-state index is 12.5. The molecule has 1 aliphatic rings.